The summed E-state index contributed by atoms with van der Waals surface area (Å²) in [4.78, 5) is 10.6. The van der Waals surface area contributed by atoms with Gasteiger partial charge in [-0.3, -0.25) is 4.79 Å². The number of carbonyl (C=O) groups is 1. The van der Waals surface area contributed by atoms with Crippen molar-refractivity contribution in [2.75, 3.05) is 18.5 Å². The number of benzene rings is 2. The number of rotatable bonds is 5. The maximum absolute atomic E-state index is 10.6. The van der Waals surface area contributed by atoms with Crippen LogP contribution in [0.1, 0.15) is 11.1 Å². The molecule has 3 N–H and O–H groups in total. The minimum absolute atomic E-state index is 0.0185. The maximum atomic E-state index is 10.6. The van der Waals surface area contributed by atoms with Crippen LogP contribution >= 0.6 is 0 Å². The third-order valence-corrected chi connectivity index (χ3v) is 3.64. The highest BCUT2D eigenvalue weighted by Crippen LogP contribution is 2.35. The molecule has 0 atom stereocenters. The summed E-state index contributed by atoms with van der Waals surface area (Å²) in [6.07, 6.45) is 0.767. The van der Waals surface area contributed by atoms with Gasteiger partial charge in [0, 0.05) is 17.8 Å². The number of nitrogens with one attached hydrogen (secondary N) is 1. The van der Waals surface area contributed by atoms with Crippen LogP contribution in [0.4, 0.5) is 5.69 Å². The van der Waals surface area contributed by atoms with E-state index in [2.05, 4.69) is 47.8 Å². The molecule has 1 amide bonds. The van der Waals surface area contributed by atoms with Crippen LogP contribution in [0.2, 0.25) is 0 Å². The lowest BCUT2D eigenvalue weighted by Crippen LogP contribution is -2.18. The lowest BCUT2D eigenvalue weighted by atomic mass is 9.93. The number of hydrogen-bond donors (Lipinski definition) is 2. The molecule has 0 aliphatic carbocycles. The van der Waals surface area contributed by atoms with Crippen molar-refractivity contribution in [2.45, 2.75) is 13.0 Å². The molecule has 0 aromatic heterocycles. The Morgan fingerprint density at radius 2 is 2.05 bits per heavy atom. The molecular formula is C17H18N2O2. The first-order valence-electron chi connectivity index (χ1n) is 7.05. The van der Waals surface area contributed by atoms with Crippen molar-refractivity contribution < 1.29 is 9.53 Å². The standard InChI is InChI=1S/C17H18N2O2/c18-17(20)11-21-8-7-12-5-6-16-15(9-12)14-4-2-1-3-13(14)10-19-16/h1-6,9,19H,7-8,10-11H2,(H2,18,20). The van der Waals surface area contributed by atoms with E-state index < -0.39 is 5.91 Å². The van der Waals surface area contributed by atoms with Gasteiger partial charge in [-0.05, 0) is 35.2 Å². The van der Waals surface area contributed by atoms with Gasteiger partial charge in [0.25, 0.3) is 0 Å². The van der Waals surface area contributed by atoms with Gasteiger partial charge in [-0.25, -0.2) is 0 Å². The van der Waals surface area contributed by atoms with E-state index in [4.69, 9.17) is 10.5 Å². The number of hydrogen-bond acceptors (Lipinski definition) is 3. The zero-order valence-corrected chi connectivity index (χ0v) is 11.8. The molecule has 1 aliphatic rings. The van der Waals surface area contributed by atoms with Crippen LogP contribution in [0, 0.1) is 0 Å². The second-order valence-corrected chi connectivity index (χ2v) is 5.16. The van der Waals surface area contributed by atoms with Crippen LogP contribution in [0.15, 0.2) is 42.5 Å². The van der Waals surface area contributed by atoms with E-state index in [0.29, 0.717) is 6.61 Å². The Hall–Kier alpha value is -2.33. The molecule has 0 radical (unpaired) electrons. The minimum atomic E-state index is -0.432. The molecule has 1 aliphatic heterocycles. The van der Waals surface area contributed by atoms with Crippen LogP contribution < -0.4 is 11.1 Å². The Morgan fingerprint density at radius 1 is 1.19 bits per heavy atom. The molecule has 2 aromatic rings. The van der Waals surface area contributed by atoms with Crippen molar-refractivity contribution in [2.24, 2.45) is 5.73 Å². The number of ether oxygens (including phenoxy) is 1. The fraction of sp³-hybridized carbons (Fsp3) is 0.235. The van der Waals surface area contributed by atoms with Gasteiger partial charge in [-0.1, -0.05) is 30.3 Å². The fourth-order valence-electron chi connectivity index (χ4n) is 2.61. The minimum Gasteiger partial charge on any atom is -0.380 e. The van der Waals surface area contributed by atoms with Crippen LogP contribution in [-0.2, 0) is 22.5 Å². The van der Waals surface area contributed by atoms with Gasteiger partial charge in [0.15, 0.2) is 0 Å². The van der Waals surface area contributed by atoms with Gasteiger partial charge in [0.2, 0.25) is 5.91 Å². The summed E-state index contributed by atoms with van der Waals surface area (Å²) in [6.45, 7) is 1.34. The Labute approximate surface area is 123 Å². The average molecular weight is 282 g/mol. The molecular weight excluding hydrogens is 264 g/mol. The Morgan fingerprint density at radius 3 is 2.90 bits per heavy atom. The third-order valence-electron chi connectivity index (χ3n) is 3.64. The molecule has 108 valence electrons. The second-order valence-electron chi connectivity index (χ2n) is 5.16. The summed E-state index contributed by atoms with van der Waals surface area (Å²) in [5, 5.41) is 3.44. The molecule has 4 nitrogen and oxygen atoms in total. The summed E-state index contributed by atoms with van der Waals surface area (Å²) in [5.74, 6) is -0.432. The van der Waals surface area contributed by atoms with Gasteiger partial charge in [-0.15, -0.1) is 0 Å². The molecule has 3 rings (SSSR count). The predicted octanol–water partition coefficient (Wildman–Crippen LogP) is 2.32. The molecule has 2 aromatic carbocycles. The predicted molar refractivity (Wildman–Crippen MR) is 82.9 cm³/mol. The Bertz CT molecular complexity index is 668. The van der Waals surface area contributed by atoms with Crippen molar-refractivity contribution in [1.29, 1.82) is 0 Å². The van der Waals surface area contributed by atoms with E-state index in [1.165, 1.54) is 22.3 Å². The zero-order valence-electron chi connectivity index (χ0n) is 11.8. The zero-order chi connectivity index (χ0) is 14.7. The summed E-state index contributed by atoms with van der Waals surface area (Å²) < 4.78 is 5.22. The summed E-state index contributed by atoms with van der Waals surface area (Å²) in [7, 11) is 0. The van der Waals surface area contributed by atoms with Gasteiger partial charge in [0.1, 0.15) is 6.61 Å². The molecule has 0 saturated carbocycles. The van der Waals surface area contributed by atoms with Crippen LogP contribution in [0.5, 0.6) is 0 Å². The molecule has 21 heavy (non-hydrogen) atoms. The quantitative estimate of drug-likeness (QED) is 0.827. The van der Waals surface area contributed by atoms with Gasteiger partial charge < -0.3 is 15.8 Å². The molecule has 0 unspecified atom stereocenters. The number of nitrogens with two attached hydrogens (primary N) is 1. The molecule has 4 heteroatoms. The first kappa shape index (κ1) is 13.6. The number of amides is 1. The highest BCUT2D eigenvalue weighted by Gasteiger charge is 2.15. The number of fused-ring (bicyclic) bond motifs is 3. The first-order chi connectivity index (χ1) is 10.2. The van der Waals surface area contributed by atoms with E-state index in [1.54, 1.807) is 0 Å². The fourth-order valence-corrected chi connectivity index (χ4v) is 2.61. The van der Waals surface area contributed by atoms with E-state index >= 15 is 0 Å². The molecule has 0 bridgehead atoms. The van der Waals surface area contributed by atoms with Gasteiger partial charge in [-0.2, -0.15) is 0 Å². The van der Waals surface area contributed by atoms with Crippen LogP contribution in [0.25, 0.3) is 11.1 Å². The first-order valence-corrected chi connectivity index (χ1v) is 7.05. The Kier molecular flexibility index (Phi) is 3.88. The second kappa shape index (κ2) is 5.97. The average Bonchev–Trinajstić information content (AvgIpc) is 2.51. The number of carbonyl (C=O) groups excluding carboxylic acids is 1. The molecule has 1 heterocycles. The van der Waals surface area contributed by atoms with E-state index in [-0.39, 0.29) is 6.61 Å². The van der Waals surface area contributed by atoms with E-state index in [1.807, 2.05) is 0 Å². The SMILES string of the molecule is NC(=O)COCCc1ccc2c(c1)-c1ccccc1CN2. The summed E-state index contributed by atoms with van der Waals surface area (Å²) >= 11 is 0. The smallest absolute Gasteiger partial charge is 0.243 e. The molecule has 0 spiro atoms. The highest BCUT2D eigenvalue weighted by molar-refractivity contribution is 5.83. The normalized spacial score (nSPS) is 12.2. The largest absolute Gasteiger partial charge is 0.380 e. The van der Waals surface area contributed by atoms with Gasteiger partial charge >= 0.3 is 0 Å². The van der Waals surface area contributed by atoms with Crippen LogP contribution in [0.3, 0.4) is 0 Å². The van der Waals surface area contributed by atoms with Crippen LogP contribution in [-0.4, -0.2) is 19.1 Å². The lowest BCUT2D eigenvalue weighted by molar-refractivity contribution is -0.122. The van der Waals surface area contributed by atoms with Crippen molar-refractivity contribution in [1.82, 2.24) is 0 Å². The molecule has 0 fully saturated rings. The lowest BCUT2D eigenvalue weighted by Gasteiger charge is -2.22. The van der Waals surface area contributed by atoms with Gasteiger partial charge in [0.05, 0.1) is 6.61 Å². The van der Waals surface area contributed by atoms with Crippen molar-refractivity contribution >= 4 is 11.6 Å². The summed E-state index contributed by atoms with van der Waals surface area (Å²) in [6, 6.07) is 14.8. The van der Waals surface area contributed by atoms with Crippen molar-refractivity contribution in [3.63, 3.8) is 0 Å². The Balaban J connectivity index is 1.77. The third kappa shape index (κ3) is 3.06. The number of primary amides is 1. The monoisotopic (exact) mass is 282 g/mol. The number of anilines is 1. The summed E-state index contributed by atoms with van der Waals surface area (Å²) in [5.41, 5.74) is 11.2. The van der Waals surface area contributed by atoms with E-state index in [9.17, 15) is 4.79 Å². The van der Waals surface area contributed by atoms with E-state index in [0.717, 1.165) is 18.7 Å². The highest BCUT2D eigenvalue weighted by atomic mass is 16.5. The van der Waals surface area contributed by atoms with Crippen molar-refractivity contribution in [3.05, 3.63) is 53.6 Å². The topological polar surface area (TPSA) is 64.4 Å². The van der Waals surface area contributed by atoms with Crippen molar-refractivity contribution in [3.8, 4) is 11.1 Å². The molecule has 0 saturated heterocycles. The maximum Gasteiger partial charge on any atom is 0.243 e.